The zero-order valence-electron chi connectivity index (χ0n) is 7.51. The molecule has 0 aliphatic rings. The van der Waals surface area contributed by atoms with Gasteiger partial charge >= 0.3 is 0 Å². The summed E-state index contributed by atoms with van der Waals surface area (Å²) >= 11 is 0. The van der Waals surface area contributed by atoms with E-state index < -0.39 is 0 Å². The number of nitrogens with one attached hydrogen (secondary N) is 1. The van der Waals surface area contributed by atoms with Crippen molar-refractivity contribution in [3.05, 3.63) is 48.3 Å². The third-order valence-corrected chi connectivity index (χ3v) is 1.92. The van der Waals surface area contributed by atoms with Crippen LogP contribution in [0.15, 0.2) is 42.7 Å². The summed E-state index contributed by atoms with van der Waals surface area (Å²) in [5, 5.41) is 7.25. The van der Waals surface area contributed by atoms with E-state index in [2.05, 4.69) is 9.97 Å². The third kappa shape index (κ3) is 1.52. The zero-order valence-corrected chi connectivity index (χ0v) is 7.51. The highest BCUT2D eigenvalue weighted by Crippen LogP contribution is 2.17. The first kappa shape index (κ1) is 8.56. The molecule has 14 heavy (non-hydrogen) atoms. The van der Waals surface area contributed by atoms with Crippen LogP contribution in [0.5, 0.6) is 0 Å². The Hall–Kier alpha value is -2.03. The maximum atomic E-state index is 7.25. The van der Waals surface area contributed by atoms with Crippen molar-refractivity contribution in [2.45, 2.75) is 0 Å². The Morgan fingerprint density at radius 2 is 1.71 bits per heavy atom. The molecule has 1 aromatic heterocycles. The van der Waals surface area contributed by atoms with Crippen molar-refractivity contribution in [3.8, 4) is 11.4 Å². The van der Waals surface area contributed by atoms with Crippen molar-refractivity contribution < 1.29 is 0 Å². The molecule has 0 saturated heterocycles. The molecule has 3 heteroatoms. The summed E-state index contributed by atoms with van der Waals surface area (Å²) in [5.41, 5.74) is 1.72. The summed E-state index contributed by atoms with van der Waals surface area (Å²) in [6.45, 7) is 0. The molecule has 0 atom stereocenters. The summed E-state index contributed by atoms with van der Waals surface area (Å²) in [4.78, 5) is 8.29. The van der Waals surface area contributed by atoms with Gasteiger partial charge in [-0.1, -0.05) is 24.3 Å². The van der Waals surface area contributed by atoms with Gasteiger partial charge in [-0.05, 0) is 6.07 Å². The second kappa shape index (κ2) is 3.79. The Morgan fingerprint density at radius 1 is 1.00 bits per heavy atom. The van der Waals surface area contributed by atoms with Crippen LogP contribution in [0.1, 0.15) is 5.56 Å². The number of aromatic nitrogens is 2. The summed E-state index contributed by atoms with van der Waals surface area (Å²) in [6, 6.07) is 9.37. The highest BCUT2D eigenvalue weighted by Gasteiger charge is 2.03. The van der Waals surface area contributed by atoms with Gasteiger partial charge in [-0.25, -0.2) is 9.97 Å². The minimum Gasteiger partial charge on any atom is -0.308 e. The van der Waals surface area contributed by atoms with E-state index in [0.717, 1.165) is 11.1 Å². The first-order valence-electron chi connectivity index (χ1n) is 4.28. The minimum atomic E-state index is 0.659. The Bertz CT molecular complexity index is 437. The highest BCUT2D eigenvalue weighted by molar-refractivity contribution is 5.86. The average Bonchev–Trinajstić information content (AvgIpc) is 2.30. The molecule has 0 fully saturated rings. The molecule has 0 aliphatic heterocycles. The molecule has 2 aromatic rings. The monoisotopic (exact) mass is 183 g/mol. The van der Waals surface area contributed by atoms with Gasteiger partial charge in [0.2, 0.25) is 0 Å². The van der Waals surface area contributed by atoms with Crippen LogP contribution in [-0.4, -0.2) is 16.2 Å². The van der Waals surface area contributed by atoms with Crippen molar-refractivity contribution in [2.75, 3.05) is 0 Å². The predicted octanol–water partition coefficient (Wildman–Crippen LogP) is 2.14. The minimum absolute atomic E-state index is 0.659. The Morgan fingerprint density at radius 3 is 2.43 bits per heavy atom. The lowest BCUT2D eigenvalue weighted by Gasteiger charge is -2.02. The van der Waals surface area contributed by atoms with Crippen LogP contribution in [0.3, 0.4) is 0 Å². The van der Waals surface area contributed by atoms with E-state index in [1.807, 2.05) is 24.3 Å². The van der Waals surface area contributed by atoms with E-state index in [4.69, 9.17) is 5.41 Å². The molecular formula is C11H9N3. The molecule has 68 valence electrons. The van der Waals surface area contributed by atoms with Crippen LogP contribution >= 0.6 is 0 Å². The average molecular weight is 183 g/mol. The van der Waals surface area contributed by atoms with E-state index in [1.54, 1.807) is 18.5 Å². The molecule has 0 aliphatic carbocycles. The summed E-state index contributed by atoms with van der Waals surface area (Å²) < 4.78 is 0. The highest BCUT2D eigenvalue weighted by atomic mass is 14.8. The molecule has 3 nitrogen and oxygen atoms in total. The number of rotatable bonds is 2. The fourth-order valence-corrected chi connectivity index (χ4v) is 1.26. The van der Waals surface area contributed by atoms with E-state index in [9.17, 15) is 0 Å². The molecule has 0 saturated carbocycles. The van der Waals surface area contributed by atoms with Crippen LogP contribution in [0, 0.1) is 5.41 Å². The van der Waals surface area contributed by atoms with Crippen LogP contribution in [-0.2, 0) is 0 Å². The van der Waals surface area contributed by atoms with Gasteiger partial charge in [0.1, 0.15) is 0 Å². The lowest BCUT2D eigenvalue weighted by atomic mass is 10.1. The fourth-order valence-electron chi connectivity index (χ4n) is 1.26. The first-order valence-corrected chi connectivity index (χ1v) is 4.28. The molecule has 0 amide bonds. The van der Waals surface area contributed by atoms with Gasteiger partial charge < -0.3 is 5.41 Å². The van der Waals surface area contributed by atoms with E-state index >= 15 is 0 Å². The van der Waals surface area contributed by atoms with Crippen LogP contribution in [0.25, 0.3) is 11.4 Å². The Labute approximate surface area is 82.0 Å². The van der Waals surface area contributed by atoms with E-state index in [-0.39, 0.29) is 0 Å². The van der Waals surface area contributed by atoms with Gasteiger partial charge in [0.15, 0.2) is 5.82 Å². The molecule has 0 bridgehead atoms. The largest absolute Gasteiger partial charge is 0.308 e. The van der Waals surface area contributed by atoms with Gasteiger partial charge in [0.25, 0.3) is 0 Å². The maximum absolute atomic E-state index is 7.25. The predicted molar refractivity (Wildman–Crippen MR) is 55.4 cm³/mol. The van der Waals surface area contributed by atoms with Crippen molar-refractivity contribution in [3.63, 3.8) is 0 Å². The van der Waals surface area contributed by atoms with Gasteiger partial charge in [0.05, 0.1) is 0 Å². The lowest BCUT2D eigenvalue weighted by Crippen LogP contribution is -1.91. The number of hydrogen-bond acceptors (Lipinski definition) is 3. The summed E-state index contributed by atoms with van der Waals surface area (Å²) in [7, 11) is 0. The van der Waals surface area contributed by atoms with Gasteiger partial charge in [0, 0.05) is 29.7 Å². The van der Waals surface area contributed by atoms with Crippen LogP contribution in [0.4, 0.5) is 0 Å². The summed E-state index contributed by atoms with van der Waals surface area (Å²) in [5.74, 6) is 0.659. The van der Waals surface area contributed by atoms with Crippen LogP contribution < -0.4 is 0 Å². The second-order valence-corrected chi connectivity index (χ2v) is 2.80. The number of benzene rings is 1. The van der Waals surface area contributed by atoms with Gasteiger partial charge in [-0.3, -0.25) is 0 Å². The normalized spacial score (nSPS) is 9.71. The summed E-state index contributed by atoms with van der Waals surface area (Å²) in [6.07, 6.45) is 4.71. The topological polar surface area (TPSA) is 49.6 Å². The van der Waals surface area contributed by atoms with E-state index in [1.165, 1.54) is 6.21 Å². The van der Waals surface area contributed by atoms with Gasteiger partial charge in [-0.2, -0.15) is 0 Å². The maximum Gasteiger partial charge on any atom is 0.159 e. The first-order chi connectivity index (χ1) is 6.92. The Kier molecular flexibility index (Phi) is 2.32. The molecular weight excluding hydrogens is 174 g/mol. The number of nitrogens with zero attached hydrogens (tertiary/aromatic N) is 2. The Balaban J connectivity index is 2.57. The standard InChI is InChI=1S/C11H9N3/c12-8-9-4-1-2-5-10(9)11-13-6-3-7-14-11/h1-8,12H. The van der Waals surface area contributed by atoms with Gasteiger partial charge in [-0.15, -0.1) is 0 Å². The zero-order chi connectivity index (χ0) is 9.80. The number of hydrogen-bond donors (Lipinski definition) is 1. The SMILES string of the molecule is N=Cc1ccccc1-c1ncccn1. The van der Waals surface area contributed by atoms with Crippen molar-refractivity contribution in [1.29, 1.82) is 5.41 Å². The second-order valence-electron chi connectivity index (χ2n) is 2.80. The smallest absolute Gasteiger partial charge is 0.159 e. The quantitative estimate of drug-likeness (QED) is 0.725. The van der Waals surface area contributed by atoms with E-state index in [0.29, 0.717) is 5.82 Å². The fraction of sp³-hybridized carbons (Fsp3) is 0. The molecule has 2 rings (SSSR count). The van der Waals surface area contributed by atoms with Crippen LogP contribution in [0.2, 0.25) is 0 Å². The van der Waals surface area contributed by atoms with Crippen molar-refractivity contribution in [2.24, 2.45) is 0 Å². The molecule has 1 aromatic carbocycles. The molecule has 0 radical (unpaired) electrons. The molecule has 1 heterocycles. The lowest BCUT2D eigenvalue weighted by molar-refractivity contribution is 1.17. The molecule has 1 N–H and O–H groups in total. The molecule has 0 unspecified atom stereocenters. The van der Waals surface area contributed by atoms with Crippen molar-refractivity contribution in [1.82, 2.24) is 9.97 Å². The third-order valence-electron chi connectivity index (χ3n) is 1.92. The van der Waals surface area contributed by atoms with Crippen molar-refractivity contribution >= 4 is 6.21 Å². The molecule has 0 spiro atoms.